The van der Waals surface area contributed by atoms with Crippen molar-refractivity contribution in [2.24, 2.45) is 5.73 Å². The second-order valence-electron chi connectivity index (χ2n) is 4.73. The highest BCUT2D eigenvalue weighted by Crippen LogP contribution is 2.39. The molecule has 1 aliphatic rings. The zero-order valence-corrected chi connectivity index (χ0v) is 11.9. The lowest BCUT2D eigenvalue weighted by Gasteiger charge is -2.09. The standard InChI is InChI=1S/C14H16BrN3/c1-2-8(7-16)14-17-12-6-10-9(13(12)18-14)4-3-5-11(10)15/h3-5,8H,2,6-7,16H2,1H3,(H,17,18). The van der Waals surface area contributed by atoms with E-state index in [1.165, 1.54) is 21.3 Å². The smallest absolute Gasteiger partial charge is 0.111 e. The number of nitrogens with two attached hydrogens (primary N) is 1. The first-order valence-electron chi connectivity index (χ1n) is 6.31. The molecule has 1 aliphatic carbocycles. The Labute approximate surface area is 115 Å². The van der Waals surface area contributed by atoms with Gasteiger partial charge in [-0.3, -0.25) is 0 Å². The van der Waals surface area contributed by atoms with Gasteiger partial charge in [-0.25, -0.2) is 4.98 Å². The Kier molecular flexibility index (Phi) is 2.99. The average Bonchev–Trinajstić information content (AvgIpc) is 2.90. The number of aromatic amines is 1. The predicted octanol–water partition coefficient (Wildman–Crippen LogP) is 3.20. The van der Waals surface area contributed by atoms with Crippen LogP contribution in [-0.2, 0) is 6.42 Å². The van der Waals surface area contributed by atoms with Crippen LogP contribution >= 0.6 is 15.9 Å². The second kappa shape index (κ2) is 4.52. The van der Waals surface area contributed by atoms with Crippen LogP contribution in [0.2, 0.25) is 0 Å². The highest BCUT2D eigenvalue weighted by Gasteiger charge is 2.25. The number of nitrogens with one attached hydrogen (secondary N) is 1. The lowest BCUT2D eigenvalue weighted by molar-refractivity contribution is 0.637. The molecule has 3 N–H and O–H groups in total. The molecule has 94 valence electrons. The number of nitrogens with zero attached hydrogens (tertiary/aromatic N) is 1. The molecule has 3 nitrogen and oxygen atoms in total. The molecule has 1 aromatic carbocycles. The van der Waals surface area contributed by atoms with E-state index >= 15 is 0 Å². The van der Waals surface area contributed by atoms with Gasteiger partial charge in [-0.1, -0.05) is 35.0 Å². The van der Waals surface area contributed by atoms with E-state index in [2.05, 4.69) is 46.0 Å². The lowest BCUT2D eigenvalue weighted by atomic mass is 10.1. The van der Waals surface area contributed by atoms with Crippen LogP contribution in [0.15, 0.2) is 22.7 Å². The van der Waals surface area contributed by atoms with Crippen molar-refractivity contribution < 1.29 is 0 Å². The summed E-state index contributed by atoms with van der Waals surface area (Å²) < 4.78 is 1.17. The second-order valence-corrected chi connectivity index (χ2v) is 5.59. The van der Waals surface area contributed by atoms with Gasteiger partial charge in [0.25, 0.3) is 0 Å². The molecule has 0 amide bonds. The molecule has 0 bridgehead atoms. The third-order valence-electron chi connectivity index (χ3n) is 3.69. The third kappa shape index (κ3) is 1.71. The summed E-state index contributed by atoms with van der Waals surface area (Å²) in [4.78, 5) is 8.22. The van der Waals surface area contributed by atoms with Crippen molar-refractivity contribution in [3.05, 3.63) is 39.8 Å². The Bertz CT molecular complexity index is 585. The van der Waals surface area contributed by atoms with Crippen molar-refractivity contribution in [2.75, 3.05) is 6.54 Å². The van der Waals surface area contributed by atoms with Crippen LogP contribution in [0.25, 0.3) is 11.3 Å². The maximum atomic E-state index is 5.79. The van der Waals surface area contributed by atoms with Crippen LogP contribution in [0.5, 0.6) is 0 Å². The fourth-order valence-corrected chi connectivity index (χ4v) is 3.09. The number of halogens is 1. The Morgan fingerprint density at radius 3 is 3.06 bits per heavy atom. The SMILES string of the molecule is CCC(CN)c1nc2c([nH]1)Cc1c(Br)cccc1-2. The summed E-state index contributed by atoms with van der Waals surface area (Å²) in [5.74, 6) is 1.38. The van der Waals surface area contributed by atoms with Crippen molar-refractivity contribution in [3.8, 4) is 11.3 Å². The zero-order chi connectivity index (χ0) is 12.7. The van der Waals surface area contributed by atoms with Crippen molar-refractivity contribution in [3.63, 3.8) is 0 Å². The van der Waals surface area contributed by atoms with E-state index in [4.69, 9.17) is 10.7 Å². The molecule has 1 heterocycles. The number of fused-ring (bicyclic) bond motifs is 3. The summed E-state index contributed by atoms with van der Waals surface area (Å²) in [6, 6.07) is 6.28. The van der Waals surface area contributed by atoms with Gasteiger partial charge >= 0.3 is 0 Å². The molecule has 18 heavy (non-hydrogen) atoms. The first-order valence-corrected chi connectivity index (χ1v) is 7.10. The van der Waals surface area contributed by atoms with Crippen molar-refractivity contribution in [1.29, 1.82) is 0 Å². The molecular weight excluding hydrogens is 290 g/mol. The monoisotopic (exact) mass is 305 g/mol. The van der Waals surface area contributed by atoms with E-state index in [1.807, 2.05) is 0 Å². The number of benzene rings is 1. The van der Waals surface area contributed by atoms with E-state index in [9.17, 15) is 0 Å². The fraction of sp³-hybridized carbons (Fsp3) is 0.357. The molecule has 2 aromatic rings. The van der Waals surface area contributed by atoms with Crippen molar-refractivity contribution in [2.45, 2.75) is 25.7 Å². The van der Waals surface area contributed by atoms with Gasteiger partial charge in [0.1, 0.15) is 5.82 Å². The average molecular weight is 306 g/mol. The number of hydrogen-bond acceptors (Lipinski definition) is 2. The van der Waals surface area contributed by atoms with E-state index in [-0.39, 0.29) is 0 Å². The van der Waals surface area contributed by atoms with Gasteiger partial charge in [0.15, 0.2) is 0 Å². The first kappa shape index (κ1) is 11.9. The number of rotatable bonds is 3. The summed E-state index contributed by atoms with van der Waals surface area (Å²) >= 11 is 3.60. The number of H-pyrrole nitrogens is 1. The van der Waals surface area contributed by atoms with Gasteiger partial charge in [-0.05, 0) is 18.1 Å². The van der Waals surface area contributed by atoms with Gasteiger partial charge in [0, 0.05) is 34.6 Å². The van der Waals surface area contributed by atoms with Crippen LogP contribution in [-0.4, -0.2) is 16.5 Å². The molecule has 1 aromatic heterocycles. The molecule has 3 rings (SSSR count). The van der Waals surface area contributed by atoms with Gasteiger partial charge in [-0.2, -0.15) is 0 Å². The van der Waals surface area contributed by atoms with E-state index < -0.39 is 0 Å². The third-order valence-corrected chi connectivity index (χ3v) is 4.43. The first-order chi connectivity index (χ1) is 8.74. The largest absolute Gasteiger partial charge is 0.345 e. The number of aromatic nitrogens is 2. The van der Waals surface area contributed by atoms with Crippen LogP contribution in [0, 0.1) is 0 Å². The minimum absolute atomic E-state index is 0.339. The summed E-state index contributed by atoms with van der Waals surface area (Å²) in [6.45, 7) is 2.80. The van der Waals surface area contributed by atoms with E-state index in [1.54, 1.807) is 0 Å². The predicted molar refractivity (Wildman–Crippen MR) is 76.6 cm³/mol. The highest BCUT2D eigenvalue weighted by molar-refractivity contribution is 9.10. The van der Waals surface area contributed by atoms with E-state index in [0.717, 1.165) is 24.4 Å². The topological polar surface area (TPSA) is 54.7 Å². The minimum atomic E-state index is 0.339. The summed E-state index contributed by atoms with van der Waals surface area (Å²) in [6.07, 6.45) is 1.95. The molecule has 0 saturated carbocycles. The molecule has 0 aliphatic heterocycles. The molecule has 0 radical (unpaired) electrons. The Hall–Kier alpha value is -1.13. The van der Waals surface area contributed by atoms with Crippen LogP contribution in [0.1, 0.15) is 36.3 Å². The maximum absolute atomic E-state index is 5.79. The number of hydrogen-bond donors (Lipinski definition) is 2. The molecule has 1 unspecified atom stereocenters. The molecule has 4 heteroatoms. The lowest BCUT2D eigenvalue weighted by Crippen LogP contribution is -2.13. The quantitative estimate of drug-likeness (QED) is 0.781. The molecule has 1 atom stereocenters. The molecule has 0 saturated heterocycles. The normalized spacial score (nSPS) is 14.4. The minimum Gasteiger partial charge on any atom is -0.345 e. The summed E-state index contributed by atoms with van der Waals surface area (Å²) in [5.41, 5.74) is 10.7. The Balaban J connectivity index is 2.05. The zero-order valence-electron chi connectivity index (χ0n) is 10.3. The fourth-order valence-electron chi connectivity index (χ4n) is 2.58. The summed E-state index contributed by atoms with van der Waals surface area (Å²) in [5, 5.41) is 0. The van der Waals surface area contributed by atoms with Gasteiger partial charge in [0.2, 0.25) is 0 Å². The molecule has 0 spiro atoms. The van der Waals surface area contributed by atoms with E-state index in [0.29, 0.717) is 12.5 Å². The maximum Gasteiger partial charge on any atom is 0.111 e. The Morgan fingerprint density at radius 1 is 1.50 bits per heavy atom. The van der Waals surface area contributed by atoms with Crippen LogP contribution < -0.4 is 5.73 Å². The van der Waals surface area contributed by atoms with Gasteiger partial charge in [-0.15, -0.1) is 0 Å². The van der Waals surface area contributed by atoms with Crippen molar-refractivity contribution in [1.82, 2.24) is 9.97 Å². The Morgan fingerprint density at radius 2 is 2.33 bits per heavy atom. The highest BCUT2D eigenvalue weighted by atomic mass is 79.9. The van der Waals surface area contributed by atoms with Gasteiger partial charge < -0.3 is 10.7 Å². The van der Waals surface area contributed by atoms with Crippen LogP contribution in [0.3, 0.4) is 0 Å². The summed E-state index contributed by atoms with van der Waals surface area (Å²) in [7, 11) is 0. The molecular formula is C14H16BrN3. The van der Waals surface area contributed by atoms with Crippen molar-refractivity contribution >= 4 is 15.9 Å². The van der Waals surface area contributed by atoms with Gasteiger partial charge in [0.05, 0.1) is 5.69 Å². The number of imidazole rings is 1. The molecule has 0 fully saturated rings. The van der Waals surface area contributed by atoms with Crippen LogP contribution in [0.4, 0.5) is 0 Å².